The Morgan fingerprint density at radius 2 is 1.88 bits per heavy atom. The van der Waals surface area contributed by atoms with Crippen LogP contribution in [-0.4, -0.2) is 46.2 Å². The molecule has 33 heavy (non-hydrogen) atoms. The Morgan fingerprint density at radius 1 is 1.09 bits per heavy atom. The van der Waals surface area contributed by atoms with Gasteiger partial charge in [0, 0.05) is 12.0 Å². The minimum atomic E-state index is -0.413. The van der Waals surface area contributed by atoms with Crippen molar-refractivity contribution in [2.24, 2.45) is 0 Å². The van der Waals surface area contributed by atoms with E-state index in [0.29, 0.717) is 46.4 Å². The minimum Gasteiger partial charge on any atom is -0.493 e. The average Bonchev–Trinajstić information content (AvgIpc) is 2.77. The van der Waals surface area contributed by atoms with Crippen molar-refractivity contribution < 1.29 is 19.0 Å². The summed E-state index contributed by atoms with van der Waals surface area (Å²) >= 11 is 0. The molecule has 1 amide bonds. The molecule has 3 N–H and O–H groups in total. The highest BCUT2D eigenvalue weighted by Crippen LogP contribution is 2.40. The summed E-state index contributed by atoms with van der Waals surface area (Å²) in [4.78, 5) is 30.2. The number of benzene rings is 1. The number of anilines is 1. The van der Waals surface area contributed by atoms with Gasteiger partial charge < -0.3 is 25.3 Å². The van der Waals surface area contributed by atoms with Crippen LogP contribution < -0.4 is 25.3 Å². The van der Waals surface area contributed by atoms with Gasteiger partial charge in [0.2, 0.25) is 11.8 Å². The van der Waals surface area contributed by atoms with Crippen molar-refractivity contribution in [3.05, 3.63) is 47.0 Å². The zero-order chi connectivity index (χ0) is 23.7. The molecule has 1 aliphatic rings. The molecule has 0 spiro atoms. The molecule has 0 unspecified atom stereocenters. The highest BCUT2D eigenvalue weighted by molar-refractivity contribution is 5.98. The first-order chi connectivity index (χ1) is 15.8. The van der Waals surface area contributed by atoms with Crippen molar-refractivity contribution >= 4 is 11.9 Å². The summed E-state index contributed by atoms with van der Waals surface area (Å²) in [5, 5.41) is 3.06. The second-order valence-corrected chi connectivity index (χ2v) is 7.92. The van der Waals surface area contributed by atoms with Crippen LogP contribution in [0.5, 0.6) is 17.4 Å². The largest absolute Gasteiger partial charge is 0.493 e. The molecule has 4 rings (SSSR count). The van der Waals surface area contributed by atoms with Gasteiger partial charge >= 0.3 is 0 Å². The van der Waals surface area contributed by atoms with Gasteiger partial charge in [-0.25, -0.2) is 15.0 Å². The minimum absolute atomic E-state index is 0.0714. The van der Waals surface area contributed by atoms with E-state index in [0.717, 1.165) is 11.1 Å². The van der Waals surface area contributed by atoms with Crippen molar-refractivity contribution in [1.29, 1.82) is 0 Å². The van der Waals surface area contributed by atoms with E-state index in [1.807, 2.05) is 26.0 Å². The lowest BCUT2D eigenvalue weighted by Gasteiger charge is -2.28. The summed E-state index contributed by atoms with van der Waals surface area (Å²) in [6.07, 6.45) is 3.51. The highest BCUT2D eigenvalue weighted by Gasteiger charge is 2.31. The third kappa shape index (κ3) is 4.36. The van der Waals surface area contributed by atoms with E-state index in [-0.39, 0.29) is 18.0 Å². The Balaban J connectivity index is 1.88. The summed E-state index contributed by atoms with van der Waals surface area (Å²) < 4.78 is 16.8. The Kier molecular flexibility index (Phi) is 5.99. The molecule has 3 heterocycles. The molecule has 10 heteroatoms. The fourth-order valence-corrected chi connectivity index (χ4v) is 3.93. The van der Waals surface area contributed by atoms with Crippen molar-refractivity contribution in [2.45, 2.75) is 39.3 Å². The number of nitrogens with zero attached hydrogens (tertiary/aromatic N) is 4. The van der Waals surface area contributed by atoms with Crippen molar-refractivity contribution in [1.82, 2.24) is 25.3 Å². The SMILES string of the molecule is COc1cncc(-c2cc(OC(C)C)c(OC)cc2[C@H]2Cc3nc(N)nc(C)c3C(=O)N2)n1. The number of nitrogens with two attached hydrogens (primary N) is 1. The van der Waals surface area contributed by atoms with E-state index in [4.69, 9.17) is 19.9 Å². The molecule has 1 aromatic carbocycles. The van der Waals surface area contributed by atoms with Crippen molar-refractivity contribution in [2.75, 3.05) is 20.0 Å². The molecule has 0 radical (unpaired) electrons. The summed E-state index contributed by atoms with van der Waals surface area (Å²) in [6, 6.07) is 3.28. The van der Waals surface area contributed by atoms with Crippen molar-refractivity contribution in [3.63, 3.8) is 0 Å². The van der Waals surface area contributed by atoms with E-state index >= 15 is 0 Å². The molecular weight excluding hydrogens is 424 g/mol. The van der Waals surface area contributed by atoms with Gasteiger partial charge in [-0.1, -0.05) is 0 Å². The van der Waals surface area contributed by atoms with Crippen LogP contribution in [0.4, 0.5) is 5.95 Å². The zero-order valence-electron chi connectivity index (χ0n) is 19.2. The number of methoxy groups -OCH3 is 2. The van der Waals surface area contributed by atoms with Crippen LogP contribution in [0, 0.1) is 6.92 Å². The summed E-state index contributed by atoms with van der Waals surface area (Å²) in [6.45, 7) is 5.61. The van der Waals surface area contributed by atoms with Gasteiger partial charge in [0.25, 0.3) is 5.91 Å². The number of hydrogen-bond acceptors (Lipinski definition) is 9. The normalized spacial score (nSPS) is 15.1. The number of nitrogens with one attached hydrogen (secondary N) is 1. The van der Waals surface area contributed by atoms with Crippen molar-refractivity contribution in [3.8, 4) is 28.6 Å². The Bertz CT molecular complexity index is 1210. The monoisotopic (exact) mass is 450 g/mol. The third-order valence-corrected chi connectivity index (χ3v) is 5.28. The molecule has 0 saturated heterocycles. The third-order valence-electron chi connectivity index (χ3n) is 5.28. The van der Waals surface area contributed by atoms with Gasteiger partial charge in [0.05, 0.1) is 61.4 Å². The van der Waals surface area contributed by atoms with Gasteiger partial charge in [0.1, 0.15) is 0 Å². The lowest BCUT2D eigenvalue weighted by molar-refractivity contribution is 0.0922. The molecule has 0 saturated carbocycles. The van der Waals surface area contributed by atoms with Gasteiger partial charge in [-0.2, -0.15) is 0 Å². The van der Waals surface area contributed by atoms with Crippen LogP contribution in [0.3, 0.4) is 0 Å². The number of carbonyl (C=O) groups is 1. The predicted molar refractivity (Wildman–Crippen MR) is 121 cm³/mol. The van der Waals surface area contributed by atoms with Crippen LogP contribution in [0.1, 0.15) is 47.2 Å². The summed E-state index contributed by atoms with van der Waals surface area (Å²) in [5.41, 5.74) is 9.52. The molecule has 0 fully saturated rings. The molecule has 0 aliphatic carbocycles. The summed E-state index contributed by atoms with van der Waals surface area (Å²) in [7, 11) is 3.10. The van der Waals surface area contributed by atoms with E-state index < -0.39 is 6.04 Å². The maximum absolute atomic E-state index is 13.0. The lowest BCUT2D eigenvalue weighted by Crippen LogP contribution is -2.37. The van der Waals surface area contributed by atoms with E-state index in [1.165, 1.54) is 13.3 Å². The molecule has 10 nitrogen and oxygen atoms in total. The smallest absolute Gasteiger partial charge is 0.255 e. The molecule has 0 bridgehead atoms. The maximum Gasteiger partial charge on any atom is 0.255 e. The number of ether oxygens (including phenoxy) is 3. The Morgan fingerprint density at radius 3 is 2.58 bits per heavy atom. The first kappa shape index (κ1) is 22.3. The molecule has 3 aromatic rings. The number of rotatable bonds is 6. The second-order valence-electron chi connectivity index (χ2n) is 7.92. The van der Waals surface area contributed by atoms with Crippen LogP contribution >= 0.6 is 0 Å². The van der Waals surface area contributed by atoms with E-state index in [2.05, 4.69) is 25.3 Å². The van der Waals surface area contributed by atoms with Gasteiger partial charge in [-0.3, -0.25) is 9.78 Å². The highest BCUT2D eigenvalue weighted by atomic mass is 16.5. The molecule has 172 valence electrons. The Hall–Kier alpha value is -3.95. The number of amides is 1. The fraction of sp³-hybridized carbons (Fsp3) is 0.348. The predicted octanol–water partition coefficient (Wildman–Crippen LogP) is 2.66. The fourth-order valence-electron chi connectivity index (χ4n) is 3.93. The molecule has 2 aromatic heterocycles. The molecular formula is C23H26N6O4. The number of aromatic nitrogens is 4. The van der Waals surface area contributed by atoms with Gasteiger partial charge in [0.15, 0.2) is 11.5 Å². The molecule has 1 atom stereocenters. The quantitative estimate of drug-likeness (QED) is 0.581. The first-order valence-corrected chi connectivity index (χ1v) is 10.5. The van der Waals surface area contributed by atoms with E-state index in [1.54, 1.807) is 20.2 Å². The number of nitrogen functional groups attached to an aromatic ring is 1. The number of hydrogen-bond donors (Lipinski definition) is 2. The Labute approximate surface area is 191 Å². The van der Waals surface area contributed by atoms with E-state index in [9.17, 15) is 4.79 Å². The zero-order valence-corrected chi connectivity index (χ0v) is 19.2. The van der Waals surface area contributed by atoms with Crippen LogP contribution in [-0.2, 0) is 6.42 Å². The number of carbonyl (C=O) groups excluding carboxylic acids is 1. The molecule has 1 aliphatic heterocycles. The topological polar surface area (TPSA) is 134 Å². The second kappa shape index (κ2) is 8.89. The number of fused-ring (bicyclic) bond motifs is 1. The maximum atomic E-state index is 13.0. The first-order valence-electron chi connectivity index (χ1n) is 10.5. The van der Waals surface area contributed by atoms with Crippen LogP contribution in [0.25, 0.3) is 11.3 Å². The van der Waals surface area contributed by atoms with Gasteiger partial charge in [-0.15, -0.1) is 0 Å². The van der Waals surface area contributed by atoms with Crippen LogP contribution in [0.15, 0.2) is 24.5 Å². The van der Waals surface area contributed by atoms with Crippen LogP contribution in [0.2, 0.25) is 0 Å². The number of aryl methyl sites for hydroxylation is 1. The average molecular weight is 450 g/mol. The summed E-state index contributed by atoms with van der Waals surface area (Å²) in [5.74, 6) is 1.34. The van der Waals surface area contributed by atoms with Gasteiger partial charge in [-0.05, 0) is 38.5 Å². The lowest BCUT2D eigenvalue weighted by atomic mass is 9.90. The standard InChI is InChI=1S/C23H26N6O4/c1-11(2)33-19-7-14(17-9-25-10-20(27-17)32-5)13(6-18(19)31-4)15-8-16-21(22(30)28-15)12(3)26-23(24)29-16/h6-7,9-11,15H,8H2,1-5H3,(H,28,30)(H2,24,26,29)/t15-/m1/s1.